The smallest absolute Gasteiger partial charge is 0.165 e. The summed E-state index contributed by atoms with van der Waals surface area (Å²) in [6.45, 7) is 0. The Kier molecular flexibility index (Phi) is 1.90. The van der Waals surface area contributed by atoms with Crippen molar-refractivity contribution in [3.63, 3.8) is 0 Å². The first-order valence-corrected chi connectivity index (χ1v) is 4.69. The van der Waals surface area contributed by atoms with Crippen molar-refractivity contribution in [2.45, 2.75) is 56.8 Å². The summed E-state index contributed by atoms with van der Waals surface area (Å²) >= 11 is 0. The molecule has 2 saturated carbocycles. The van der Waals surface area contributed by atoms with Gasteiger partial charge in [-0.25, -0.2) is 0 Å². The van der Waals surface area contributed by atoms with Crippen LogP contribution in [0.4, 0.5) is 0 Å². The molecule has 0 spiro atoms. The van der Waals surface area contributed by atoms with Crippen LogP contribution in [0.5, 0.6) is 0 Å². The Bertz CT molecular complexity index is 134. The second-order valence-corrected chi connectivity index (χ2v) is 3.82. The molecule has 0 aliphatic heterocycles. The van der Waals surface area contributed by atoms with Crippen LogP contribution in [-0.4, -0.2) is 17.0 Å². The molecule has 0 radical (unpaired) electrons. The third-order valence-corrected chi connectivity index (χ3v) is 2.82. The molecule has 2 fully saturated rings. The fourth-order valence-electron chi connectivity index (χ4n) is 1.84. The van der Waals surface area contributed by atoms with Crippen molar-refractivity contribution in [2.24, 2.45) is 0 Å². The summed E-state index contributed by atoms with van der Waals surface area (Å²) in [5.41, 5.74) is 0. The second kappa shape index (κ2) is 2.76. The molecule has 2 heteroatoms. The number of hydrogen-bond donors (Lipinski definition) is 1. The summed E-state index contributed by atoms with van der Waals surface area (Å²) < 4.78 is 5.59. The SMILES string of the molecule is OC1(OC2CCC2)CCCC1. The predicted molar refractivity (Wildman–Crippen MR) is 42.1 cm³/mol. The first kappa shape index (κ1) is 7.56. The van der Waals surface area contributed by atoms with Crippen LogP contribution in [0.15, 0.2) is 0 Å². The molecule has 0 saturated heterocycles. The zero-order valence-corrected chi connectivity index (χ0v) is 6.88. The summed E-state index contributed by atoms with van der Waals surface area (Å²) in [5, 5.41) is 9.80. The van der Waals surface area contributed by atoms with Gasteiger partial charge in [0.1, 0.15) is 0 Å². The van der Waals surface area contributed by atoms with Gasteiger partial charge in [0, 0.05) is 12.8 Å². The standard InChI is InChI=1S/C9H16O2/c10-9(6-1-2-7-9)11-8-4-3-5-8/h8,10H,1-7H2. The van der Waals surface area contributed by atoms with Gasteiger partial charge in [0.2, 0.25) is 0 Å². The van der Waals surface area contributed by atoms with Crippen molar-refractivity contribution in [1.29, 1.82) is 0 Å². The summed E-state index contributed by atoms with van der Waals surface area (Å²) in [7, 11) is 0. The third kappa shape index (κ3) is 1.57. The lowest BCUT2D eigenvalue weighted by molar-refractivity contribution is -0.238. The largest absolute Gasteiger partial charge is 0.365 e. The number of aliphatic hydroxyl groups is 1. The van der Waals surface area contributed by atoms with Gasteiger partial charge < -0.3 is 9.84 Å². The highest BCUT2D eigenvalue weighted by molar-refractivity contribution is 4.79. The van der Waals surface area contributed by atoms with E-state index < -0.39 is 5.79 Å². The predicted octanol–water partition coefficient (Wildman–Crippen LogP) is 1.82. The molecular weight excluding hydrogens is 140 g/mol. The maximum atomic E-state index is 9.80. The van der Waals surface area contributed by atoms with E-state index in [0.29, 0.717) is 6.10 Å². The third-order valence-electron chi connectivity index (χ3n) is 2.82. The van der Waals surface area contributed by atoms with E-state index in [0.717, 1.165) is 38.5 Å². The van der Waals surface area contributed by atoms with E-state index in [1.807, 2.05) is 0 Å². The molecule has 0 aromatic carbocycles. The summed E-state index contributed by atoms with van der Waals surface area (Å²) in [5.74, 6) is -0.731. The fourth-order valence-corrected chi connectivity index (χ4v) is 1.84. The minimum absolute atomic E-state index is 0.373. The number of hydrogen-bond acceptors (Lipinski definition) is 2. The van der Waals surface area contributed by atoms with Gasteiger partial charge >= 0.3 is 0 Å². The van der Waals surface area contributed by atoms with E-state index in [1.165, 1.54) is 6.42 Å². The van der Waals surface area contributed by atoms with Gasteiger partial charge in [-0.15, -0.1) is 0 Å². The maximum Gasteiger partial charge on any atom is 0.165 e. The first-order chi connectivity index (χ1) is 5.29. The molecule has 0 unspecified atom stereocenters. The van der Waals surface area contributed by atoms with E-state index in [2.05, 4.69) is 0 Å². The van der Waals surface area contributed by atoms with Crippen LogP contribution in [0.25, 0.3) is 0 Å². The Balaban J connectivity index is 1.82. The van der Waals surface area contributed by atoms with Gasteiger partial charge in [-0.2, -0.15) is 0 Å². The van der Waals surface area contributed by atoms with Crippen LogP contribution < -0.4 is 0 Å². The molecule has 2 rings (SSSR count). The van der Waals surface area contributed by atoms with Crippen molar-refractivity contribution >= 4 is 0 Å². The Labute approximate surface area is 67.6 Å². The average Bonchev–Trinajstić information content (AvgIpc) is 2.29. The molecule has 2 aliphatic rings. The van der Waals surface area contributed by atoms with Crippen LogP contribution in [0.2, 0.25) is 0 Å². The molecule has 0 aromatic heterocycles. The van der Waals surface area contributed by atoms with E-state index in [9.17, 15) is 5.11 Å². The highest BCUT2D eigenvalue weighted by Crippen LogP contribution is 2.35. The lowest BCUT2D eigenvalue weighted by Gasteiger charge is -2.33. The lowest BCUT2D eigenvalue weighted by Crippen LogP contribution is -2.36. The van der Waals surface area contributed by atoms with Gasteiger partial charge in [0.25, 0.3) is 0 Å². The van der Waals surface area contributed by atoms with Crippen LogP contribution in [-0.2, 0) is 4.74 Å². The van der Waals surface area contributed by atoms with Gasteiger partial charge in [-0.1, -0.05) is 0 Å². The van der Waals surface area contributed by atoms with Crippen LogP contribution >= 0.6 is 0 Å². The zero-order chi connectivity index (χ0) is 7.73. The summed E-state index contributed by atoms with van der Waals surface area (Å²) in [6.07, 6.45) is 7.92. The molecule has 11 heavy (non-hydrogen) atoms. The first-order valence-electron chi connectivity index (χ1n) is 4.69. The molecule has 2 aliphatic carbocycles. The van der Waals surface area contributed by atoms with Crippen LogP contribution in [0.1, 0.15) is 44.9 Å². The summed E-state index contributed by atoms with van der Waals surface area (Å²) in [6, 6.07) is 0. The van der Waals surface area contributed by atoms with E-state index in [4.69, 9.17) is 4.74 Å². The zero-order valence-electron chi connectivity index (χ0n) is 6.88. The Hall–Kier alpha value is -0.0800. The van der Waals surface area contributed by atoms with Crippen molar-refractivity contribution in [3.8, 4) is 0 Å². The molecule has 0 heterocycles. The Morgan fingerprint density at radius 2 is 1.73 bits per heavy atom. The van der Waals surface area contributed by atoms with Gasteiger partial charge in [-0.3, -0.25) is 0 Å². The minimum atomic E-state index is -0.731. The number of rotatable bonds is 2. The molecule has 0 amide bonds. The molecule has 0 aromatic rings. The lowest BCUT2D eigenvalue weighted by atomic mass is 9.96. The maximum absolute atomic E-state index is 9.80. The van der Waals surface area contributed by atoms with Gasteiger partial charge in [0.15, 0.2) is 5.79 Å². The van der Waals surface area contributed by atoms with Gasteiger partial charge in [0.05, 0.1) is 6.10 Å². The Morgan fingerprint density at radius 1 is 1.09 bits per heavy atom. The molecule has 64 valence electrons. The minimum Gasteiger partial charge on any atom is -0.365 e. The fraction of sp³-hybridized carbons (Fsp3) is 1.00. The quantitative estimate of drug-likeness (QED) is 0.618. The highest BCUT2D eigenvalue weighted by Gasteiger charge is 2.36. The molecular formula is C9H16O2. The molecule has 0 atom stereocenters. The van der Waals surface area contributed by atoms with E-state index in [1.54, 1.807) is 0 Å². The highest BCUT2D eigenvalue weighted by atomic mass is 16.6. The van der Waals surface area contributed by atoms with Crippen LogP contribution in [0.3, 0.4) is 0 Å². The molecule has 2 nitrogen and oxygen atoms in total. The number of ether oxygens (including phenoxy) is 1. The molecule has 0 bridgehead atoms. The van der Waals surface area contributed by atoms with Crippen molar-refractivity contribution < 1.29 is 9.84 Å². The normalized spacial score (nSPS) is 30.3. The average molecular weight is 156 g/mol. The second-order valence-electron chi connectivity index (χ2n) is 3.82. The molecule has 1 N–H and O–H groups in total. The van der Waals surface area contributed by atoms with Crippen molar-refractivity contribution in [1.82, 2.24) is 0 Å². The topological polar surface area (TPSA) is 29.5 Å². The van der Waals surface area contributed by atoms with Crippen molar-refractivity contribution in [3.05, 3.63) is 0 Å². The monoisotopic (exact) mass is 156 g/mol. The van der Waals surface area contributed by atoms with E-state index in [-0.39, 0.29) is 0 Å². The summed E-state index contributed by atoms with van der Waals surface area (Å²) in [4.78, 5) is 0. The van der Waals surface area contributed by atoms with Crippen molar-refractivity contribution in [2.75, 3.05) is 0 Å². The Morgan fingerprint density at radius 3 is 2.18 bits per heavy atom. The van der Waals surface area contributed by atoms with Gasteiger partial charge in [-0.05, 0) is 32.1 Å². The van der Waals surface area contributed by atoms with E-state index >= 15 is 0 Å². The van der Waals surface area contributed by atoms with Crippen LogP contribution in [0, 0.1) is 0 Å².